The van der Waals surface area contributed by atoms with Gasteiger partial charge in [-0.15, -0.1) is 0 Å². The number of fused-ring (bicyclic) bond motifs is 1. The second-order valence-electron chi connectivity index (χ2n) is 4.20. The van der Waals surface area contributed by atoms with Gasteiger partial charge in [-0.1, -0.05) is 0 Å². The van der Waals surface area contributed by atoms with E-state index in [0.717, 1.165) is 17.9 Å². The van der Waals surface area contributed by atoms with Crippen molar-refractivity contribution in [2.75, 3.05) is 25.2 Å². The minimum Gasteiger partial charge on any atom is -0.383 e. The minimum atomic E-state index is 0.202. The molecule has 2 heterocycles. The summed E-state index contributed by atoms with van der Waals surface area (Å²) in [5, 5.41) is 0.202. The number of halogens is 1. The highest BCUT2D eigenvalue weighted by Gasteiger charge is 2.18. The summed E-state index contributed by atoms with van der Waals surface area (Å²) in [5.41, 5.74) is 1.37. The number of ether oxygens (including phenoxy) is 1. The van der Waals surface area contributed by atoms with Crippen LogP contribution in [0.2, 0.25) is 5.28 Å². The van der Waals surface area contributed by atoms with Crippen LogP contribution in [-0.2, 0) is 4.74 Å². The molecule has 0 bridgehead atoms. The monoisotopic (exact) mass is 269 g/mol. The summed E-state index contributed by atoms with van der Waals surface area (Å²) in [7, 11) is 1.68. The van der Waals surface area contributed by atoms with Crippen molar-refractivity contribution in [3.8, 4) is 0 Å². The van der Waals surface area contributed by atoms with Gasteiger partial charge in [0.1, 0.15) is 5.52 Å². The lowest BCUT2D eigenvalue weighted by Gasteiger charge is -2.27. The number of imidazole rings is 1. The molecule has 0 amide bonds. The molecule has 2 aromatic heterocycles. The molecule has 2 rings (SSSR count). The van der Waals surface area contributed by atoms with Crippen LogP contribution in [0.3, 0.4) is 0 Å². The maximum atomic E-state index is 5.93. The number of aromatic amines is 1. The maximum absolute atomic E-state index is 5.93. The van der Waals surface area contributed by atoms with Crippen LogP contribution >= 0.6 is 11.6 Å². The molecule has 0 saturated heterocycles. The lowest BCUT2D eigenvalue weighted by molar-refractivity contribution is 0.203. The normalized spacial score (nSPS) is 11.4. The van der Waals surface area contributed by atoms with Crippen LogP contribution in [0.4, 0.5) is 5.82 Å². The second kappa shape index (κ2) is 5.49. The van der Waals surface area contributed by atoms with Gasteiger partial charge in [0, 0.05) is 19.7 Å². The predicted octanol–water partition coefficient (Wildman–Crippen LogP) is 1.87. The van der Waals surface area contributed by atoms with Crippen LogP contribution in [0.5, 0.6) is 0 Å². The van der Waals surface area contributed by atoms with Gasteiger partial charge in [-0.25, -0.2) is 4.98 Å². The van der Waals surface area contributed by atoms with Crippen molar-refractivity contribution in [2.45, 2.75) is 19.9 Å². The molecule has 0 radical (unpaired) electrons. The van der Waals surface area contributed by atoms with E-state index in [1.165, 1.54) is 0 Å². The fourth-order valence-electron chi connectivity index (χ4n) is 1.80. The third-order valence-electron chi connectivity index (χ3n) is 2.67. The van der Waals surface area contributed by atoms with E-state index in [2.05, 4.69) is 38.7 Å². The number of hydrogen-bond donors (Lipinski definition) is 1. The van der Waals surface area contributed by atoms with Gasteiger partial charge in [0.25, 0.3) is 0 Å². The molecule has 0 aliphatic rings. The van der Waals surface area contributed by atoms with Gasteiger partial charge in [0.2, 0.25) is 5.28 Å². The number of nitrogens with zero attached hydrogens (tertiary/aromatic N) is 4. The van der Waals surface area contributed by atoms with Gasteiger partial charge in [-0.2, -0.15) is 9.97 Å². The first kappa shape index (κ1) is 13.0. The molecule has 7 heteroatoms. The molecular weight excluding hydrogens is 254 g/mol. The Bertz CT molecular complexity index is 527. The molecule has 0 unspecified atom stereocenters. The van der Waals surface area contributed by atoms with Gasteiger partial charge in [-0.3, -0.25) is 0 Å². The molecule has 0 fully saturated rings. The van der Waals surface area contributed by atoms with Gasteiger partial charge in [-0.05, 0) is 25.4 Å². The molecule has 6 nitrogen and oxygen atoms in total. The molecule has 0 spiro atoms. The highest BCUT2D eigenvalue weighted by Crippen LogP contribution is 2.24. The zero-order valence-corrected chi connectivity index (χ0v) is 11.4. The van der Waals surface area contributed by atoms with Crippen molar-refractivity contribution < 1.29 is 4.74 Å². The molecule has 0 atom stereocenters. The SMILES string of the molecule is COCCN(c1nc(Cl)nc2nc[nH]c12)C(C)C. The van der Waals surface area contributed by atoms with E-state index in [-0.39, 0.29) is 11.3 Å². The average molecular weight is 270 g/mol. The van der Waals surface area contributed by atoms with E-state index in [1.807, 2.05) is 0 Å². The Labute approximate surface area is 110 Å². The van der Waals surface area contributed by atoms with Crippen molar-refractivity contribution in [1.82, 2.24) is 19.9 Å². The molecule has 98 valence electrons. The average Bonchev–Trinajstić information content (AvgIpc) is 2.76. The summed E-state index contributed by atoms with van der Waals surface area (Å²) in [6.07, 6.45) is 1.59. The van der Waals surface area contributed by atoms with Crippen molar-refractivity contribution in [1.29, 1.82) is 0 Å². The Morgan fingerprint density at radius 2 is 2.22 bits per heavy atom. The molecule has 2 aromatic rings. The van der Waals surface area contributed by atoms with Crippen molar-refractivity contribution >= 4 is 28.6 Å². The summed E-state index contributed by atoms with van der Waals surface area (Å²) < 4.78 is 5.12. The zero-order valence-electron chi connectivity index (χ0n) is 10.6. The fraction of sp³-hybridized carbons (Fsp3) is 0.545. The highest BCUT2D eigenvalue weighted by atomic mass is 35.5. The summed E-state index contributed by atoms with van der Waals surface area (Å²) in [5.74, 6) is 0.759. The van der Waals surface area contributed by atoms with Gasteiger partial charge in [0.15, 0.2) is 11.5 Å². The van der Waals surface area contributed by atoms with E-state index in [4.69, 9.17) is 16.3 Å². The van der Waals surface area contributed by atoms with Crippen LogP contribution in [0.25, 0.3) is 11.2 Å². The first-order valence-corrected chi connectivity index (χ1v) is 6.13. The summed E-state index contributed by atoms with van der Waals surface area (Å²) in [6.45, 7) is 5.53. The Balaban J connectivity index is 2.45. The van der Waals surface area contributed by atoms with Gasteiger partial charge < -0.3 is 14.6 Å². The first-order chi connectivity index (χ1) is 8.63. The number of nitrogens with one attached hydrogen (secondary N) is 1. The third kappa shape index (κ3) is 2.54. The van der Waals surface area contributed by atoms with E-state index in [1.54, 1.807) is 13.4 Å². The Kier molecular flexibility index (Phi) is 3.98. The largest absolute Gasteiger partial charge is 0.383 e. The van der Waals surface area contributed by atoms with Crippen molar-refractivity contribution in [2.24, 2.45) is 0 Å². The summed E-state index contributed by atoms with van der Waals surface area (Å²) in [4.78, 5) is 17.6. The third-order valence-corrected chi connectivity index (χ3v) is 2.84. The highest BCUT2D eigenvalue weighted by molar-refractivity contribution is 6.28. The molecule has 0 aromatic carbocycles. The molecule has 0 aliphatic carbocycles. The van der Waals surface area contributed by atoms with Crippen LogP contribution < -0.4 is 4.90 Å². The fourth-order valence-corrected chi connectivity index (χ4v) is 1.96. The number of H-pyrrole nitrogens is 1. The predicted molar refractivity (Wildman–Crippen MR) is 71.1 cm³/mol. The van der Waals surface area contributed by atoms with E-state index >= 15 is 0 Å². The number of hydrogen-bond acceptors (Lipinski definition) is 5. The Hall–Kier alpha value is -1.40. The standard InChI is InChI=1S/C11H16ClN5O/c1-7(2)17(4-5-18-3)10-8-9(14-6-13-8)15-11(12)16-10/h6-7H,4-5H2,1-3H3,(H,13,14,15,16). The molecule has 0 aliphatic heterocycles. The maximum Gasteiger partial charge on any atom is 0.226 e. The quantitative estimate of drug-likeness (QED) is 0.840. The summed E-state index contributed by atoms with van der Waals surface area (Å²) in [6, 6.07) is 0.276. The van der Waals surface area contributed by atoms with Crippen LogP contribution in [-0.4, -0.2) is 46.2 Å². The van der Waals surface area contributed by atoms with E-state index in [9.17, 15) is 0 Å². The number of rotatable bonds is 5. The number of aromatic nitrogens is 4. The number of methoxy groups -OCH3 is 1. The lowest BCUT2D eigenvalue weighted by atomic mass is 10.3. The number of anilines is 1. The Morgan fingerprint density at radius 3 is 2.89 bits per heavy atom. The van der Waals surface area contributed by atoms with Crippen molar-refractivity contribution in [3.63, 3.8) is 0 Å². The van der Waals surface area contributed by atoms with Crippen LogP contribution in [0, 0.1) is 0 Å². The molecule has 18 heavy (non-hydrogen) atoms. The van der Waals surface area contributed by atoms with E-state index < -0.39 is 0 Å². The first-order valence-electron chi connectivity index (χ1n) is 5.75. The van der Waals surface area contributed by atoms with Gasteiger partial charge >= 0.3 is 0 Å². The van der Waals surface area contributed by atoms with Crippen molar-refractivity contribution in [3.05, 3.63) is 11.6 Å². The molecule has 0 saturated carbocycles. The topological polar surface area (TPSA) is 66.9 Å². The molecule has 1 N–H and O–H groups in total. The van der Waals surface area contributed by atoms with Crippen LogP contribution in [0.1, 0.15) is 13.8 Å². The minimum absolute atomic E-state index is 0.202. The second-order valence-corrected chi connectivity index (χ2v) is 4.54. The van der Waals surface area contributed by atoms with Gasteiger partial charge in [0.05, 0.1) is 12.9 Å². The van der Waals surface area contributed by atoms with Crippen LogP contribution in [0.15, 0.2) is 6.33 Å². The van der Waals surface area contributed by atoms with E-state index in [0.29, 0.717) is 12.3 Å². The molecular formula is C11H16ClN5O. The lowest BCUT2D eigenvalue weighted by Crippen LogP contribution is -2.34. The zero-order chi connectivity index (χ0) is 13.1. The summed E-state index contributed by atoms with van der Waals surface area (Å²) >= 11 is 5.93. The Morgan fingerprint density at radius 1 is 1.44 bits per heavy atom. The smallest absolute Gasteiger partial charge is 0.226 e.